The van der Waals surface area contributed by atoms with Gasteiger partial charge in [0, 0.05) is 36.0 Å². The summed E-state index contributed by atoms with van der Waals surface area (Å²) in [7, 11) is 0. The number of imide groups is 2. The van der Waals surface area contributed by atoms with E-state index >= 15 is 0 Å². The van der Waals surface area contributed by atoms with Crippen LogP contribution in [0.3, 0.4) is 0 Å². The van der Waals surface area contributed by atoms with E-state index in [1.165, 1.54) is 9.80 Å². The molecule has 2 saturated carbocycles. The molecule has 11 heteroatoms. The van der Waals surface area contributed by atoms with E-state index in [2.05, 4.69) is 0 Å². The molecular weight excluding hydrogens is 622 g/mol. The van der Waals surface area contributed by atoms with E-state index in [0.717, 1.165) is 0 Å². The minimum absolute atomic E-state index is 0.118. The maximum atomic E-state index is 12.9. The average molecular weight is 662 g/mol. The van der Waals surface area contributed by atoms with E-state index < -0.39 is 10.8 Å². The molecule has 0 spiro atoms. The van der Waals surface area contributed by atoms with Gasteiger partial charge in [0.15, 0.2) is 0 Å². The van der Waals surface area contributed by atoms with Crippen molar-refractivity contribution in [2.24, 2.45) is 10.8 Å². The van der Waals surface area contributed by atoms with Gasteiger partial charge in [0.2, 0.25) is 11.1 Å². The molecule has 0 bridgehead atoms. The van der Waals surface area contributed by atoms with Crippen molar-refractivity contribution in [2.45, 2.75) is 77.3 Å². The number of rotatable bonds is 4. The number of hydrogen-bond donors (Lipinski definition) is 0. The molecule has 3 fully saturated rings. The smallest absolute Gasteiger partial charge is 0.261 e. The van der Waals surface area contributed by atoms with Crippen molar-refractivity contribution in [1.82, 2.24) is 14.7 Å². The highest BCUT2D eigenvalue weighted by Gasteiger charge is 2.47. The summed E-state index contributed by atoms with van der Waals surface area (Å²) in [6, 6.07) is 13.6. The standard InChI is InChI=1S/C20H24N2O4.C16H16ClNO3/c1-20(19(25)21-10-12-26-13-11-21)8-6-14(7-9-20)22-17(23)15-4-2-3-5-16(15)18(22)24;1-16(15(17)21)8-6-10(7-9-16)18-13(19)11-4-2-3-5-12(11)14(18)20/h2-5,14H,6-13H2,1H3;2-5,10H,6-9H2,1H3. The monoisotopic (exact) mass is 661 g/mol. The first-order valence-electron chi connectivity index (χ1n) is 16.5. The molecule has 1 saturated heterocycles. The zero-order chi connectivity index (χ0) is 33.5. The molecule has 2 aliphatic carbocycles. The summed E-state index contributed by atoms with van der Waals surface area (Å²) in [4.78, 5) is 79.2. The number of halogens is 1. The van der Waals surface area contributed by atoms with Crippen molar-refractivity contribution in [3.63, 3.8) is 0 Å². The number of carbonyl (C=O) groups excluding carboxylic acids is 6. The van der Waals surface area contributed by atoms with Gasteiger partial charge in [0.05, 0.1) is 35.5 Å². The normalized spacial score (nSPS) is 28.9. The van der Waals surface area contributed by atoms with Gasteiger partial charge in [0.25, 0.3) is 23.6 Å². The zero-order valence-corrected chi connectivity index (χ0v) is 27.6. The Morgan fingerprint density at radius 1 is 0.638 bits per heavy atom. The first-order valence-corrected chi connectivity index (χ1v) is 16.8. The Bertz CT molecular complexity index is 1550. The van der Waals surface area contributed by atoms with Gasteiger partial charge >= 0.3 is 0 Å². The Hall–Kier alpha value is -3.89. The molecule has 2 aromatic rings. The van der Waals surface area contributed by atoms with Crippen molar-refractivity contribution in [3.8, 4) is 0 Å². The number of carbonyl (C=O) groups is 6. The maximum absolute atomic E-state index is 12.9. The van der Waals surface area contributed by atoms with Gasteiger partial charge in [0.1, 0.15) is 0 Å². The van der Waals surface area contributed by atoms with Crippen LogP contribution in [0, 0.1) is 10.8 Å². The summed E-state index contributed by atoms with van der Waals surface area (Å²) < 4.78 is 5.33. The van der Waals surface area contributed by atoms with Crippen LogP contribution in [-0.4, -0.2) is 87.9 Å². The zero-order valence-electron chi connectivity index (χ0n) is 26.8. The molecule has 248 valence electrons. The maximum Gasteiger partial charge on any atom is 0.261 e. The number of nitrogens with zero attached hydrogens (tertiary/aromatic N) is 3. The van der Waals surface area contributed by atoms with Crippen LogP contribution in [0.15, 0.2) is 48.5 Å². The van der Waals surface area contributed by atoms with E-state index in [1.807, 2.05) is 18.7 Å². The minimum atomic E-state index is -0.531. The van der Waals surface area contributed by atoms with E-state index in [0.29, 0.717) is 99.9 Å². The first kappa shape index (κ1) is 33.0. The lowest BCUT2D eigenvalue weighted by Crippen LogP contribution is -2.51. The van der Waals surface area contributed by atoms with Crippen molar-refractivity contribution < 1.29 is 33.5 Å². The molecule has 0 aromatic heterocycles. The molecule has 5 aliphatic rings. The highest BCUT2D eigenvalue weighted by molar-refractivity contribution is 6.64. The number of hydrogen-bond acceptors (Lipinski definition) is 7. The van der Waals surface area contributed by atoms with Crippen LogP contribution in [0.1, 0.15) is 107 Å². The predicted octanol–water partition coefficient (Wildman–Crippen LogP) is 5.09. The average Bonchev–Trinajstić information content (AvgIpc) is 3.50. The van der Waals surface area contributed by atoms with Crippen LogP contribution in [0.2, 0.25) is 0 Å². The molecule has 5 amide bonds. The summed E-state index contributed by atoms with van der Waals surface area (Å²) in [5.41, 5.74) is 1.00. The van der Waals surface area contributed by atoms with Crippen LogP contribution < -0.4 is 0 Å². The predicted molar refractivity (Wildman–Crippen MR) is 173 cm³/mol. The molecule has 0 unspecified atom stereocenters. The van der Waals surface area contributed by atoms with Gasteiger partial charge in [-0.05, 0) is 87.2 Å². The number of benzene rings is 2. The second kappa shape index (κ2) is 13.0. The molecule has 3 aliphatic heterocycles. The van der Waals surface area contributed by atoms with E-state index in [-0.39, 0.29) is 46.9 Å². The lowest BCUT2D eigenvalue weighted by molar-refractivity contribution is -0.147. The summed E-state index contributed by atoms with van der Waals surface area (Å²) >= 11 is 5.65. The fraction of sp³-hybridized carbons (Fsp3) is 0.500. The van der Waals surface area contributed by atoms with Crippen molar-refractivity contribution >= 4 is 46.4 Å². The molecule has 0 radical (unpaired) electrons. The number of morpholine rings is 1. The van der Waals surface area contributed by atoms with Gasteiger partial charge in [-0.25, -0.2) is 0 Å². The minimum Gasteiger partial charge on any atom is -0.378 e. The third-order valence-electron chi connectivity index (χ3n) is 10.8. The summed E-state index contributed by atoms with van der Waals surface area (Å²) in [6.45, 7) is 6.36. The summed E-state index contributed by atoms with van der Waals surface area (Å²) in [5, 5.41) is -0.330. The van der Waals surface area contributed by atoms with Gasteiger partial charge in [-0.2, -0.15) is 0 Å². The van der Waals surface area contributed by atoms with Crippen LogP contribution in [0.25, 0.3) is 0 Å². The molecule has 0 atom stereocenters. The van der Waals surface area contributed by atoms with Gasteiger partial charge in [-0.1, -0.05) is 38.1 Å². The Balaban J connectivity index is 0.000000168. The van der Waals surface area contributed by atoms with Gasteiger partial charge in [-0.15, -0.1) is 0 Å². The first-order chi connectivity index (χ1) is 22.4. The van der Waals surface area contributed by atoms with Crippen LogP contribution >= 0.6 is 11.6 Å². The summed E-state index contributed by atoms with van der Waals surface area (Å²) in [6.07, 6.45) is 5.21. The SMILES string of the molecule is CC1(C(=O)Cl)CCC(N2C(=O)c3ccccc3C2=O)CC1.CC1(C(=O)N2CCOCC2)CCC(N2C(=O)c3ccccc3C2=O)CC1. The Kier molecular flexibility index (Phi) is 9.11. The topological polar surface area (TPSA) is 121 Å². The van der Waals surface area contributed by atoms with E-state index in [4.69, 9.17) is 16.3 Å². The van der Waals surface area contributed by atoms with E-state index in [9.17, 15) is 28.8 Å². The number of fused-ring (bicyclic) bond motifs is 2. The fourth-order valence-electron chi connectivity index (χ4n) is 7.63. The van der Waals surface area contributed by atoms with E-state index in [1.54, 1.807) is 48.5 Å². The molecule has 10 nitrogen and oxygen atoms in total. The van der Waals surface area contributed by atoms with Crippen molar-refractivity contribution in [2.75, 3.05) is 26.3 Å². The largest absolute Gasteiger partial charge is 0.378 e. The molecule has 7 rings (SSSR count). The second-order valence-corrected chi connectivity index (χ2v) is 14.2. The Morgan fingerprint density at radius 2 is 0.979 bits per heavy atom. The van der Waals surface area contributed by atoms with Gasteiger partial charge in [-0.3, -0.25) is 38.6 Å². The number of amides is 5. The Labute approximate surface area is 279 Å². The Morgan fingerprint density at radius 3 is 1.32 bits per heavy atom. The highest BCUT2D eigenvalue weighted by Crippen LogP contribution is 2.42. The molecule has 3 heterocycles. The lowest BCUT2D eigenvalue weighted by atomic mass is 9.72. The van der Waals surface area contributed by atoms with Crippen LogP contribution in [0.4, 0.5) is 0 Å². The molecule has 47 heavy (non-hydrogen) atoms. The van der Waals surface area contributed by atoms with Crippen LogP contribution in [-0.2, 0) is 14.3 Å². The highest BCUT2D eigenvalue weighted by atomic mass is 35.5. The second-order valence-electron chi connectivity index (χ2n) is 13.8. The quantitative estimate of drug-likeness (QED) is 0.331. The molecule has 0 N–H and O–H groups in total. The van der Waals surface area contributed by atoms with Crippen molar-refractivity contribution in [1.29, 1.82) is 0 Å². The third kappa shape index (κ3) is 6.02. The third-order valence-corrected chi connectivity index (χ3v) is 11.2. The molecule has 2 aromatic carbocycles. The molecular formula is C36H40ClN3O7. The summed E-state index contributed by atoms with van der Waals surface area (Å²) in [5.74, 6) is -0.651. The number of ether oxygens (including phenoxy) is 1. The lowest BCUT2D eigenvalue weighted by Gasteiger charge is -2.42. The van der Waals surface area contributed by atoms with Crippen LogP contribution in [0.5, 0.6) is 0 Å². The fourth-order valence-corrected chi connectivity index (χ4v) is 7.82. The van der Waals surface area contributed by atoms with Gasteiger partial charge < -0.3 is 9.64 Å². The van der Waals surface area contributed by atoms with Crippen molar-refractivity contribution in [3.05, 3.63) is 70.8 Å².